The second kappa shape index (κ2) is 4.71. The first kappa shape index (κ1) is 12.8. The minimum Gasteiger partial charge on any atom is -0.226 e. The van der Waals surface area contributed by atoms with Crippen LogP contribution in [0.5, 0.6) is 0 Å². The molecule has 0 N–H and O–H groups in total. The number of thioether (sulfide) groups is 1. The van der Waals surface area contributed by atoms with Crippen molar-refractivity contribution >= 4 is 23.4 Å². The minimum atomic E-state index is 0.145. The van der Waals surface area contributed by atoms with Gasteiger partial charge in [-0.1, -0.05) is 46.2 Å². The van der Waals surface area contributed by atoms with Crippen molar-refractivity contribution < 1.29 is 0 Å². The Balaban J connectivity index is 2.99. The summed E-state index contributed by atoms with van der Waals surface area (Å²) < 4.78 is 0.145. The monoisotopic (exact) mass is 244 g/mol. The molecular formula is C11H17ClN2S. The van der Waals surface area contributed by atoms with Crippen LogP contribution < -0.4 is 0 Å². The molecule has 1 aromatic rings. The lowest BCUT2D eigenvalue weighted by Crippen LogP contribution is -2.08. The van der Waals surface area contributed by atoms with Gasteiger partial charge in [-0.3, -0.25) is 0 Å². The molecular weight excluding hydrogens is 228 g/mol. The Labute approximate surface area is 101 Å². The molecule has 4 heteroatoms. The van der Waals surface area contributed by atoms with Crippen LogP contribution in [0.25, 0.3) is 0 Å². The zero-order valence-electron chi connectivity index (χ0n) is 9.84. The molecule has 0 spiro atoms. The van der Waals surface area contributed by atoms with Gasteiger partial charge in [0.1, 0.15) is 16.0 Å². The third-order valence-electron chi connectivity index (χ3n) is 1.62. The lowest BCUT2D eigenvalue weighted by molar-refractivity contribution is 0.746. The van der Waals surface area contributed by atoms with E-state index >= 15 is 0 Å². The van der Waals surface area contributed by atoms with E-state index in [1.54, 1.807) is 11.8 Å². The van der Waals surface area contributed by atoms with Gasteiger partial charge in [0, 0.05) is 16.7 Å². The van der Waals surface area contributed by atoms with E-state index in [1.165, 1.54) is 0 Å². The van der Waals surface area contributed by atoms with E-state index in [1.807, 2.05) is 6.07 Å². The molecule has 2 nitrogen and oxygen atoms in total. The van der Waals surface area contributed by atoms with Gasteiger partial charge in [-0.05, 0) is 0 Å². The maximum atomic E-state index is 5.96. The lowest BCUT2D eigenvalue weighted by atomic mass is 10.2. The van der Waals surface area contributed by atoms with Crippen molar-refractivity contribution in [2.75, 3.05) is 0 Å². The van der Waals surface area contributed by atoms with Crippen LogP contribution in [0.3, 0.4) is 0 Å². The fraction of sp³-hybridized carbons (Fsp3) is 0.636. The van der Waals surface area contributed by atoms with Crippen molar-refractivity contribution in [3.8, 4) is 0 Å². The van der Waals surface area contributed by atoms with Crippen molar-refractivity contribution in [3.63, 3.8) is 0 Å². The number of nitrogens with zero attached hydrogens (tertiary/aromatic N) is 2. The molecule has 1 rings (SSSR count). The summed E-state index contributed by atoms with van der Waals surface area (Å²) >= 11 is 7.67. The largest absolute Gasteiger partial charge is 0.226 e. The number of aromatic nitrogens is 2. The highest BCUT2D eigenvalue weighted by Gasteiger charge is 2.15. The molecule has 0 aromatic carbocycles. The van der Waals surface area contributed by atoms with Crippen LogP contribution in [0.4, 0.5) is 0 Å². The molecule has 0 amide bonds. The maximum absolute atomic E-state index is 5.96. The molecule has 0 fully saturated rings. The van der Waals surface area contributed by atoms with Crippen LogP contribution in [0.2, 0.25) is 5.15 Å². The average molecular weight is 245 g/mol. The van der Waals surface area contributed by atoms with Crippen LogP contribution in [-0.2, 0) is 0 Å². The first-order valence-electron chi connectivity index (χ1n) is 5.01. The Bertz CT molecular complexity index is 345. The predicted molar refractivity (Wildman–Crippen MR) is 66.7 cm³/mol. The van der Waals surface area contributed by atoms with E-state index in [4.69, 9.17) is 11.6 Å². The zero-order valence-corrected chi connectivity index (χ0v) is 11.4. The Kier molecular flexibility index (Phi) is 4.01. The molecule has 15 heavy (non-hydrogen) atoms. The normalized spacial score (nSPS) is 12.2. The summed E-state index contributed by atoms with van der Waals surface area (Å²) in [6.45, 7) is 10.6. The molecule has 0 radical (unpaired) electrons. The van der Waals surface area contributed by atoms with Crippen LogP contribution >= 0.6 is 23.4 Å². The molecule has 0 saturated carbocycles. The summed E-state index contributed by atoms with van der Waals surface area (Å²) in [6, 6.07) is 1.82. The van der Waals surface area contributed by atoms with Crippen molar-refractivity contribution in [1.82, 2.24) is 9.97 Å². The minimum absolute atomic E-state index is 0.145. The molecule has 1 heterocycles. The summed E-state index contributed by atoms with van der Waals surface area (Å²) in [4.78, 5) is 8.69. The third kappa shape index (κ3) is 4.39. The molecule has 0 unspecified atom stereocenters. The summed E-state index contributed by atoms with van der Waals surface area (Å²) in [6.07, 6.45) is 0. The number of halogens is 1. The van der Waals surface area contributed by atoms with Gasteiger partial charge < -0.3 is 0 Å². The first-order valence-corrected chi connectivity index (χ1v) is 6.21. The smallest absolute Gasteiger partial charge is 0.133 e. The molecule has 0 saturated heterocycles. The van der Waals surface area contributed by atoms with Crippen molar-refractivity contribution in [2.24, 2.45) is 0 Å². The standard InChI is InChI=1S/C11H17ClN2S/c1-7(2)10-13-8(12)6-9(14-10)15-11(3,4)5/h6-7H,1-5H3. The van der Waals surface area contributed by atoms with Crippen LogP contribution in [0, 0.1) is 0 Å². The number of rotatable bonds is 2. The lowest BCUT2D eigenvalue weighted by Gasteiger charge is -2.17. The highest BCUT2D eigenvalue weighted by Crippen LogP contribution is 2.32. The highest BCUT2D eigenvalue weighted by atomic mass is 35.5. The van der Waals surface area contributed by atoms with Gasteiger partial charge in [0.15, 0.2) is 0 Å². The van der Waals surface area contributed by atoms with E-state index in [-0.39, 0.29) is 4.75 Å². The SMILES string of the molecule is CC(C)c1nc(Cl)cc(SC(C)(C)C)n1. The molecule has 84 valence electrons. The molecule has 0 aliphatic heterocycles. The Hall–Kier alpha value is -0.280. The van der Waals surface area contributed by atoms with Gasteiger partial charge in [-0.25, -0.2) is 9.97 Å². The van der Waals surface area contributed by atoms with E-state index in [2.05, 4.69) is 44.6 Å². The summed E-state index contributed by atoms with van der Waals surface area (Å²) in [5.74, 6) is 1.12. The second-order valence-corrected chi connectivity index (χ2v) is 6.99. The summed E-state index contributed by atoms with van der Waals surface area (Å²) in [5, 5.41) is 1.48. The van der Waals surface area contributed by atoms with E-state index in [0.29, 0.717) is 11.1 Å². The van der Waals surface area contributed by atoms with Gasteiger partial charge in [0.2, 0.25) is 0 Å². The second-order valence-electron chi connectivity index (χ2n) is 4.76. The first-order chi connectivity index (χ1) is 6.78. The fourth-order valence-corrected chi connectivity index (χ4v) is 2.23. The topological polar surface area (TPSA) is 25.8 Å². The van der Waals surface area contributed by atoms with Crippen molar-refractivity contribution in [3.05, 3.63) is 17.0 Å². The van der Waals surface area contributed by atoms with E-state index < -0.39 is 0 Å². The average Bonchev–Trinajstić information content (AvgIpc) is 1.99. The van der Waals surface area contributed by atoms with Crippen LogP contribution in [-0.4, -0.2) is 14.7 Å². The molecule has 1 aromatic heterocycles. The van der Waals surface area contributed by atoms with Crippen molar-refractivity contribution in [2.45, 2.75) is 50.3 Å². The Morgan fingerprint density at radius 2 is 1.87 bits per heavy atom. The maximum Gasteiger partial charge on any atom is 0.133 e. The quantitative estimate of drug-likeness (QED) is 0.578. The molecule has 0 bridgehead atoms. The van der Waals surface area contributed by atoms with Gasteiger partial charge in [0.05, 0.1) is 0 Å². The molecule has 0 aliphatic rings. The summed E-state index contributed by atoms with van der Waals surface area (Å²) in [5.41, 5.74) is 0. The zero-order chi connectivity index (χ0) is 11.6. The van der Waals surface area contributed by atoms with Gasteiger partial charge >= 0.3 is 0 Å². The number of hydrogen-bond acceptors (Lipinski definition) is 3. The third-order valence-corrected chi connectivity index (χ3v) is 2.84. The van der Waals surface area contributed by atoms with Gasteiger partial charge in [-0.15, -0.1) is 11.8 Å². The number of hydrogen-bond donors (Lipinski definition) is 0. The van der Waals surface area contributed by atoms with Crippen molar-refractivity contribution in [1.29, 1.82) is 0 Å². The Morgan fingerprint density at radius 3 is 2.33 bits per heavy atom. The fourth-order valence-electron chi connectivity index (χ4n) is 1.04. The highest BCUT2D eigenvalue weighted by molar-refractivity contribution is 8.00. The molecule has 0 atom stereocenters. The van der Waals surface area contributed by atoms with E-state index in [9.17, 15) is 0 Å². The van der Waals surface area contributed by atoms with Crippen LogP contribution in [0.15, 0.2) is 11.1 Å². The predicted octanol–water partition coefficient (Wildman–Crippen LogP) is 4.14. The Morgan fingerprint density at radius 1 is 1.27 bits per heavy atom. The van der Waals surface area contributed by atoms with Gasteiger partial charge in [0.25, 0.3) is 0 Å². The van der Waals surface area contributed by atoms with Gasteiger partial charge in [-0.2, -0.15) is 0 Å². The van der Waals surface area contributed by atoms with E-state index in [0.717, 1.165) is 10.9 Å². The summed E-state index contributed by atoms with van der Waals surface area (Å²) in [7, 11) is 0. The van der Waals surface area contributed by atoms with Crippen LogP contribution in [0.1, 0.15) is 46.4 Å². The molecule has 0 aliphatic carbocycles.